The fourth-order valence-electron chi connectivity index (χ4n) is 1.65. The van der Waals surface area contributed by atoms with Crippen LogP contribution in [-0.4, -0.2) is 26.4 Å². The van der Waals surface area contributed by atoms with Gasteiger partial charge in [0.2, 0.25) is 5.95 Å². The number of pyridine rings is 1. The van der Waals surface area contributed by atoms with E-state index in [1.54, 1.807) is 18.5 Å². The summed E-state index contributed by atoms with van der Waals surface area (Å²) in [5.74, 6) is 0.188. The molecule has 0 aromatic carbocycles. The minimum absolute atomic E-state index is 0.217. The summed E-state index contributed by atoms with van der Waals surface area (Å²) in [6, 6.07) is 7.27. The van der Waals surface area contributed by atoms with Gasteiger partial charge in [-0.05, 0) is 39.0 Å². The fraction of sp³-hybridized carbons (Fsp3) is 0.333. The number of amides is 1. The van der Waals surface area contributed by atoms with E-state index in [2.05, 4.69) is 25.6 Å². The molecule has 0 aliphatic heterocycles. The van der Waals surface area contributed by atoms with Crippen LogP contribution in [0.3, 0.4) is 0 Å². The van der Waals surface area contributed by atoms with E-state index in [1.165, 1.54) is 0 Å². The van der Waals surface area contributed by atoms with Crippen molar-refractivity contribution in [1.82, 2.24) is 20.3 Å². The van der Waals surface area contributed by atoms with Crippen LogP contribution in [0.2, 0.25) is 0 Å². The number of nitrogens with one attached hydrogen (secondary N) is 2. The van der Waals surface area contributed by atoms with Gasteiger partial charge in [-0.25, -0.2) is 9.97 Å². The topological polar surface area (TPSA) is 79.8 Å². The van der Waals surface area contributed by atoms with Gasteiger partial charge in [-0.3, -0.25) is 9.78 Å². The van der Waals surface area contributed by atoms with E-state index in [0.717, 1.165) is 5.69 Å². The Morgan fingerprint density at radius 1 is 1.14 bits per heavy atom. The van der Waals surface area contributed by atoms with Crippen molar-refractivity contribution in [3.8, 4) is 0 Å². The Labute approximate surface area is 124 Å². The SMILES string of the molecule is CC(C)(C)NC(=O)c1ccnc(NCc2ccccn2)n1. The molecule has 21 heavy (non-hydrogen) atoms. The maximum absolute atomic E-state index is 12.0. The van der Waals surface area contributed by atoms with Crippen molar-refractivity contribution in [2.24, 2.45) is 0 Å². The van der Waals surface area contributed by atoms with Gasteiger partial charge in [0.15, 0.2) is 0 Å². The first-order valence-corrected chi connectivity index (χ1v) is 6.73. The van der Waals surface area contributed by atoms with E-state index in [0.29, 0.717) is 18.2 Å². The summed E-state index contributed by atoms with van der Waals surface area (Å²) in [5.41, 5.74) is 0.915. The molecule has 0 spiro atoms. The van der Waals surface area contributed by atoms with Crippen LogP contribution in [0.1, 0.15) is 37.0 Å². The van der Waals surface area contributed by atoms with Crippen LogP contribution in [0.25, 0.3) is 0 Å². The van der Waals surface area contributed by atoms with Crippen LogP contribution in [-0.2, 0) is 6.54 Å². The predicted octanol–water partition coefficient (Wildman–Crippen LogP) is 2.01. The molecular formula is C15H19N5O. The van der Waals surface area contributed by atoms with E-state index >= 15 is 0 Å². The second-order valence-corrected chi connectivity index (χ2v) is 5.64. The third-order valence-corrected chi connectivity index (χ3v) is 2.53. The maximum Gasteiger partial charge on any atom is 0.270 e. The van der Waals surface area contributed by atoms with Crippen molar-refractivity contribution in [3.63, 3.8) is 0 Å². The summed E-state index contributed by atoms with van der Waals surface area (Å²) in [7, 11) is 0. The molecule has 0 saturated carbocycles. The third-order valence-electron chi connectivity index (χ3n) is 2.53. The summed E-state index contributed by atoms with van der Waals surface area (Å²) < 4.78 is 0. The molecule has 0 saturated heterocycles. The third kappa shape index (κ3) is 4.83. The number of hydrogen-bond acceptors (Lipinski definition) is 5. The van der Waals surface area contributed by atoms with Crippen molar-refractivity contribution in [2.75, 3.05) is 5.32 Å². The largest absolute Gasteiger partial charge is 0.349 e. The van der Waals surface area contributed by atoms with Crippen molar-refractivity contribution in [2.45, 2.75) is 32.9 Å². The molecule has 110 valence electrons. The van der Waals surface area contributed by atoms with Gasteiger partial charge in [-0.15, -0.1) is 0 Å². The van der Waals surface area contributed by atoms with E-state index in [9.17, 15) is 4.79 Å². The van der Waals surface area contributed by atoms with Crippen LogP contribution in [0.15, 0.2) is 36.7 Å². The standard InChI is InChI=1S/C15H19N5O/c1-15(2,3)20-13(21)12-7-9-17-14(19-12)18-10-11-6-4-5-8-16-11/h4-9H,10H2,1-3H3,(H,20,21)(H,17,18,19). The van der Waals surface area contributed by atoms with E-state index in [-0.39, 0.29) is 11.4 Å². The van der Waals surface area contributed by atoms with Gasteiger partial charge in [-0.1, -0.05) is 6.07 Å². The monoisotopic (exact) mass is 285 g/mol. The second kappa shape index (κ2) is 6.30. The van der Waals surface area contributed by atoms with Gasteiger partial charge >= 0.3 is 0 Å². The lowest BCUT2D eigenvalue weighted by Crippen LogP contribution is -2.41. The molecule has 0 unspecified atom stereocenters. The molecule has 6 heteroatoms. The zero-order valence-corrected chi connectivity index (χ0v) is 12.4. The van der Waals surface area contributed by atoms with Gasteiger partial charge in [0, 0.05) is 17.9 Å². The lowest BCUT2D eigenvalue weighted by Gasteiger charge is -2.20. The van der Waals surface area contributed by atoms with Gasteiger partial charge in [-0.2, -0.15) is 0 Å². The van der Waals surface area contributed by atoms with Crippen LogP contribution in [0, 0.1) is 0 Å². The van der Waals surface area contributed by atoms with Crippen LogP contribution >= 0.6 is 0 Å². The number of anilines is 1. The highest BCUT2D eigenvalue weighted by Gasteiger charge is 2.16. The Bertz CT molecular complexity index is 607. The first-order valence-electron chi connectivity index (χ1n) is 6.73. The first-order chi connectivity index (χ1) is 9.94. The summed E-state index contributed by atoms with van der Waals surface area (Å²) >= 11 is 0. The zero-order valence-electron chi connectivity index (χ0n) is 12.4. The highest BCUT2D eigenvalue weighted by Crippen LogP contribution is 2.06. The van der Waals surface area contributed by atoms with Crippen LogP contribution < -0.4 is 10.6 Å². The molecule has 1 amide bonds. The Kier molecular flexibility index (Phi) is 4.47. The number of nitrogens with zero attached hydrogens (tertiary/aromatic N) is 3. The van der Waals surface area contributed by atoms with Gasteiger partial charge < -0.3 is 10.6 Å². The Balaban J connectivity index is 2.02. The molecule has 0 atom stereocenters. The summed E-state index contributed by atoms with van der Waals surface area (Å²) in [6.07, 6.45) is 3.29. The Hall–Kier alpha value is -2.50. The van der Waals surface area contributed by atoms with E-state index in [1.807, 2.05) is 39.0 Å². The second-order valence-electron chi connectivity index (χ2n) is 5.64. The number of carbonyl (C=O) groups excluding carboxylic acids is 1. The summed E-state index contributed by atoms with van der Waals surface area (Å²) in [5, 5.41) is 5.92. The number of hydrogen-bond donors (Lipinski definition) is 2. The Morgan fingerprint density at radius 3 is 2.62 bits per heavy atom. The van der Waals surface area contributed by atoms with Gasteiger partial charge in [0.05, 0.1) is 12.2 Å². The van der Waals surface area contributed by atoms with Crippen molar-refractivity contribution < 1.29 is 4.79 Å². The average Bonchev–Trinajstić information content (AvgIpc) is 2.45. The summed E-state index contributed by atoms with van der Waals surface area (Å²) in [4.78, 5) is 24.6. The fourth-order valence-corrected chi connectivity index (χ4v) is 1.65. The predicted molar refractivity (Wildman–Crippen MR) is 80.8 cm³/mol. The number of carbonyl (C=O) groups is 1. The molecule has 0 fully saturated rings. The number of aromatic nitrogens is 3. The van der Waals surface area contributed by atoms with Gasteiger partial charge in [0.25, 0.3) is 5.91 Å². The minimum atomic E-state index is -0.302. The van der Waals surface area contributed by atoms with Crippen LogP contribution in [0.5, 0.6) is 0 Å². The molecule has 6 nitrogen and oxygen atoms in total. The quantitative estimate of drug-likeness (QED) is 0.898. The highest BCUT2D eigenvalue weighted by molar-refractivity contribution is 5.92. The van der Waals surface area contributed by atoms with Crippen molar-refractivity contribution in [3.05, 3.63) is 48.0 Å². The molecule has 2 heterocycles. The van der Waals surface area contributed by atoms with Crippen molar-refractivity contribution >= 4 is 11.9 Å². The Morgan fingerprint density at radius 2 is 1.95 bits per heavy atom. The first kappa shape index (κ1) is 14.9. The molecule has 2 aromatic rings. The molecule has 2 N–H and O–H groups in total. The van der Waals surface area contributed by atoms with E-state index < -0.39 is 0 Å². The smallest absolute Gasteiger partial charge is 0.270 e. The van der Waals surface area contributed by atoms with E-state index in [4.69, 9.17) is 0 Å². The molecule has 0 aliphatic carbocycles. The highest BCUT2D eigenvalue weighted by atomic mass is 16.2. The van der Waals surface area contributed by atoms with Crippen LogP contribution in [0.4, 0.5) is 5.95 Å². The lowest BCUT2D eigenvalue weighted by molar-refractivity contribution is 0.0914. The maximum atomic E-state index is 12.0. The molecule has 0 bridgehead atoms. The zero-order chi connectivity index (χ0) is 15.3. The molecule has 2 aromatic heterocycles. The molecule has 2 rings (SSSR count). The normalized spacial score (nSPS) is 11.0. The van der Waals surface area contributed by atoms with Gasteiger partial charge in [0.1, 0.15) is 5.69 Å². The number of rotatable bonds is 4. The lowest BCUT2D eigenvalue weighted by atomic mass is 10.1. The molecular weight excluding hydrogens is 266 g/mol. The average molecular weight is 285 g/mol. The summed E-state index contributed by atoms with van der Waals surface area (Å²) in [6.45, 7) is 6.27. The minimum Gasteiger partial charge on any atom is -0.349 e. The molecule has 0 aliphatic rings. The van der Waals surface area contributed by atoms with Crippen molar-refractivity contribution in [1.29, 1.82) is 0 Å². The molecule has 0 radical (unpaired) electrons.